The van der Waals surface area contributed by atoms with Crippen molar-refractivity contribution in [3.8, 4) is 0 Å². The van der Waals surface area contributed by atoms with Crippen LogP contribution in [0.25, 0.3) is 10.9 Å². The van der Waals surface area contributed by atoms with Gasteiger partial charge in [0.25, 0.3) is 0 Å². The van der Waals surface area contributed by atoms with Gasteiger partial charge in [0.2, 0.25) is 0 Å². The molecule has 0 saturated heterocycles. The summed E-state index contributed by atoms with van der Waals surface area (Å²) in [5.41, 5.74) is 0.432. The van der Waals surface area contributed by atoms with Crippen molar-refractivity contribution >= 4 is 35.3 Å². The maximum absolute atomic E-state index is 12.5. The van der Waals surface area contributed by atoms with Crippen molar-refractivity contribution in [1.82, 2.24) is 14.8 Å². The highest BCUT2D eigenvalue weighted by molar-refractivity contribution is 7.85. The zero-order valence-corrected chi connectivity index (χ0v) is 13.6. The Hall–Kier alpha value is -1.71. The van der Waals surface area contributed by atoms with Crippen LogP contribution in [0.3, 0.4) is 0 Å². The summed E-state index contributed by atoms with van der Waals surface area (Å²) >= 11 is 0. The SMILES string of the molecule is [B]/C(=N\S(=O)C(C)(C)C)c1cc2cnn(CC(F)(F)F)c2cn1. The van der Waals surface area contributed by atoms with Crippen LogP contribution in [0.1, 0.15) is 26.5 Å². The van der Waals surface area contributed by atoms with Crippen LogP contribution in [0.2, 0.25) is 0 Å². The van der Waals surface area contributed by atoms with E-state index in [2.05, 4.69) is 14.5 Å². The molecule has 0 amide bonds. The van der Waals surface area contributed by atoms with Crippen LogP contribution in [0.4, 0.5) is 13.2 Å². The number of alkyl halides is 3. The number of fused-ring (bicyclic) bond motifs is 1. The topological polar surface area (TPSA) is 60.1 Å². The highest BCUT2D eigenvalue weighted by Gasteiger charge is 2.29. The van der Waals surface area contributed by atoms with Crippen molar-refractivity contribution in [3.05, 3.63) is 24.2 Å². The molecule has 122 valence electrons. The van der Waals surface area contributed by atoms with Crippen LogP contribution in [-0.2, 0) is 17.5 Å². The lowest BCUT2D eigenvalue weighted by molar-refractivity contribution is -0.141. The normalized spacial score (nSPS) is 15.1. The zero-order chi connectivity index (χ0) is 17.4. The lowest BCUT2D eigenvalue weighted by Crippen LogP contribution is -2.21. The first-order valence-electron chi connectivity index (χ1n) is 6.62. The quantitative estimate of drug-likeness (QED) is 0.636. The molecule has 2 heterocycles. The minimum Gasteiger partial charge on any atom is -0.254 e. The van der Waals surface area contributed by atoms with E-state index in [0.717, 1.165) is 4.68 Å². The molecule has 0 aliphatic heterocycles. The summed E-state index contributed by atoms with van der Waals surface area (Å²) in [5.74, 6) is 0. The highest BCUT2D eigenvalue weighted by Crippen LogP contribution is 2.21. The zero-order valence-electron chi connectivity index (χ0n) is 12.8. The molecule has 2 aromatic rings. The van der Waals surface area contributed by atoms with Gasteiger partial charge in [-0.3, -0.25) is 9.67 Å². The summed E-state index contributed by atoms with van der Waals surface area (Å²) in [6.45, 7) is 4.04. The summed E-state index contributed by atoms with van der Waals surface area (Å²) < 4.78 is 53.4. The van der Waals surface area contributed by atoms with E-state index in [9.17, 15) is 17.4 Å². The summed E-state index contributed by atoms with van der Waals surface area (Å²) in [5, 5.41) is 4.14. The van der Waals surface area contributed by atoms with Crippen LogP contribution in [-0.4, -0.2) is 43.4 Å². The van der Waals surface area contributed by atoms with E-state index in [1.54, 1.807) is 20.8 Å². The number of pyridine rings is 1. The van der Waals surface area contributed by atoms with Gasteiger partial charge in [-0.2, -0.15) is 18.3 Å². The molecule has 5 nitrogen and oxygen atoms in total. The molecular weight excluding hydrogens is 328 g/mol. The van der Waals surface area contributed by atoms with Gasteiger partial charge in [-0.15, -0.1) is 0 Å². The predicted octanol–water partition coefficient (Wildman–Crippen LogP) is 2.37. The monoisotopic (exact) mass is 342 g/mol. The van der Waals surface area contributed by atoms with Gasteiger partial charge in [0.15, 0.2) is 0 Å². The molecule has 23 heavy (non-hydrogen) atoms. The first kappa shape index (κ1) is 17.6. The molecule has 0 bridgehead atoms. The minimum atomic E-state index is -4.37. The fourth-order valence-electron chi connectivity index (χ4n) is 1.69. The smallest absolute Gasteiger partial charge is 0.254 e. The molecule has 0 fully saturated rings. The van der Waals surface area contributed by atoms with E-state index in [1.165, 1.54) is 18.5 Å². The van der Waals surface area contributed by atoms with Crippen molar-refractivity contribution in [2.24, 2.45) is 4.40 Å². The van der Waals surface area contributed by atoms with Gasteiger partial charge in [-0.1, -0.05) is 0 Å². The lowest BCUT2D eigenvalue weighted by atomic mass is 9.97. The average molecular weight is 342 g/mol. The molecule has 0 aliphatic rings. The molecule has 0 aromatic carbocycles. The molecule has 0 saturated carbocycles. The number of nitrogens with zero attached hydrogens (tertiary/aromatic N) is 4. The first-order chi connectivity index (χ1) is 10.5. The molecule has 10 heteroatoms. The average Bonchev–Trinajstić information content (AvgIpc) is 2.78. The molecular formula is C13H14BF3N4OS. The second kappa shape index (κ2) is 6.07. The third-order valence-corrected chi connectivity index (χ3v) is 4.24. The molecule has 0 spiro atoms. The Bertz CT molecular complexity index is 780. The van der Waals surface area contributed by atoms with E-state index in [0.29, 0.717) is 5.39 Å². The van der Waals surface area contributed by atoms with Gasteiger partial charge in [-0.05, 0) is 26.8 Å². The number of hydrogen-bond donors (Lipinski definition) is 0. The molecule has 1 atom stereocenters. The van der Waals surface area contributed by atoms with Crippen LogP contribution >= 0.6 is 0 Å². The summed E-state index contributed by atoms with van der Waals surface area (Å²) in [6.07, 6.45) is -1.84. The van der Waals surface area contributed by atoms with Crippen molar-refractivity contribution in [3.63, 3.8) is 0 Å². The third-order valence-electron chi connectivity index (χ3n) is 2.82. The van der Waals surface area contributed by atoms with Gasteiger partial charge in [0.1, 0.15) is 25.4 Å². The van der Waals surface area contributed by atoms with Crippen LogP contribution < -0.4 is 0 Å². The van der Waals surface area contributed by atoms with Crippen LogP contribution in [0, 0.1) is 0 Å². The second-order valence-corrected chi connectivity index (χ2v) is 7.79. The van der Waals surface area contributed by atoms with E-state index in [-0.39, 0.29) is 16.8 Å². The number of halogens is 3. The Morgan fingerprint density at radius 1 is 1.35 bits per heavy atom. The number of aromatic nitrogens is 3. The third kappa shape index (κ3) is 4.40. The van der Waals surface area contributed by atoms with Crippen molar-refractivity contribution in [1.29, 1.82) is 0 Å². The number of hydrogen-bond acceptors (Lipinski definition) is 3. The Morgan fingerprint density at radius 2 is 2.00 bits per heavy atom. The number of rotatable bonds is 3. The molecule has 2 rings (SSSR count). The predicted molar refractivity (Wildman–Crippen MR) is 83.8 cm³/mol. The van der Waals surface area contributed by atoms with Crippen molar-refractivity contribution in [2.45, 2.75) is 38.2 Å². The fraction of sp³-hybridized carbons (Fsp3) is 0.462. The Morgan fingerprint density at radius 3 is 2.57 bits per heavy atom. The maximum atomic E-state index is 12.5. The molecule has 1 unspecified atom stereocenters. The van der Waals surface area contributed by atoms with Gasteiger partial charge < -0.3 is 0 Å². The van der Waals surface area contributed by atoms with E-state index >= 15 is 0 Å². The van der Waals surface area contributed by atoms with Gasteiger partial charge >= 0.3 is 6.18 Å². The molecule has 0 N–H and O–H groups in total. The van der Waals surface area contributed by atoms with Crippen LogP contribution in [0.5, 0.6) is 0 Å². The second-order valence-electron chi connectivity index (χ2n) is 5.88. The fourth-order valence-corrected chi connectivity index (χ4v) is 2.23. The van der Waals surface area contributed by atoms with Gasteiger partial charge in [0, 0.05) is 11.0 Å². The largest absolute Gasteiger partial charge is 0.408 e. The van der Waals surface area contributed by atoms with Crippen molar-refractivity contribution < 1.29 is 17.4 Å². The van der Waals surface area contributed by atoms with E-state index in [4.69, 9.17) is 7.85 Å². The first-order valence-corrected chi connectivity index (χ1v) is 7.73. The van der Waals surface area contributed by atoms with Crippen LogP contribution in [0.15, 0.2) is 22.9 Å². The Balaban J connectivity index is 2.35. The standard InChI is InChI=1S/C13H14BF3N4OS/c1-12(2,3)23(22)20-11(14)9-4-8-5-19-21(7-13(15,16)17)10(8)6-18-9/h4-6H,7H2,1-3H3/b20-11-. The van der Waals surface area contributed by atoms with Gasteiger partial charge in [-0.25, -0.2) is 8.61 Å². The molecule has 0 aliphatic carbocycles. The summed E-state index contributed by atoms with van der Waals surface area (Å²) in [4.78, 5) is 3.99. The molecule has 2 aromatic heterocycles. The summed E-state index contributed by atoms with van der Waals surface area (Å²) in [6, 6.07) is 1.47. The van der Waals surface area contributed by atoms with Gasteiger partial charge in [0.05, 0.1) is 28.4 Å². The molecule has 2 radical (unpaired) electrons. The van der Waals surface area contributed by atoms with Crippen molar-refractivity contribution in [2.75, 3.05) is 0 Å². The van der Waals surface area contributed by atoms with E-state index < -0.39 is 28.5 Å². The minimum absolute atomic E-state index is 0.0382. The Kier molecular flexibility index (Phi) is 4.65. The summed E-state index contributed by atoms with van der Waals surface area (Å²) in [7, 11) is 4.22. The Labute approximate surface area is 135 Å². The maximum Gasteiger partial charge on any atom is 0.408 e. The highest BCUT2D eigenvalue weighted by atomic mass is 32.2. The lowest BCUT2D eigenvalue weighted by Gasteiger charge is -2.14. The van der Waals surface area contributed by atoms with E-state index in [1.807, 2.05) is 0 Å².